The van der Waals surface area contributed by atoms with Crippen LogP contribution in [0.15, 0.2) is 0 Å². The van der Waals surface area contributed by atoms with Gasteiger partial charge in [-0.15, -0.1) is 0 Å². The molecule has 0 aliphatic heterocycles. The van der Waals surface area contributed by atoms with E-state index in [9.17, 15) is 8.42 Å². The van der Waals surface area contributed by atoms with Crippen molar-refractivity contribution < 1.29 is 8.42 Å². The Morgan fingerprint density at radius 2 is 1.88 bits per heavy atom. The van der Waals surface area contributed by atoms with E-state index in [1.165, 1.54) is 0 Å². The minimum Gasteiger partial charge on any atom is -0.313 e. The summed E-state index contributed by atoms with van der Waals surface area (Å²) in [6.07, 6.45) is 4.78. The maximum Gasteiger partial charge on any atom is 0.157 e. The minimum absolute atomic E-state index is 0.156. The van der Waals surface area contributed by atoms with Crippen LogP contribution in [0.1, 0.15) is 52.9 Å². The van der Waals surface area contributed by atoms with Crippen LogP contribution in [0.25, 0.3) is 0 Å². The molecule has 3 nitrogen and oxygen atoms in total. The van der Waals surface area contributed by atoms with E-state index in [4.69, 9.17) is 0 Å². The van der Waals surface area contributed by atoms with Gasteiger partial charge in [0.25, 0.3) is 0 Å². The molecule has 0 radical (unpaired) electrons. The first-order valence-electron chi connectivity index (χ1n) is 6.50. The average Bonchev–Trinajstić information content (AvgIpc) is 2.29. The predicted molar refractivity (Wildman–Crippen MR) is 68.4 cm³/mol. The lowest BCUT2D eigenvalue weighted by atomic mass is 9.95. The van der Waals surface area contributed by atoms with Crippen molar-refractivity contribution in [2.75, 3.05) is 6.54 Å². The molecule has 0 aromatic rings. The van der Waals surface area contributed by atoms with E-state index in [2.05, 4.69) is 5.32 Å². The molecule has 3 unspecified atom stereocenters. The van der Waals surface area contributed by atoms with Gasteiger partial charge < -0.3 is 5.32 Å². The number of hydrogen-bond donors (Lipinski definition) is 1. The Labute approximate surface area is 99.9 Å². The molecule has 1 rings (SSSR count). The normalized spacial score (nSPS) is 28.9. The number of hydrogen-bond acceptors (Lipinski definition) is 3. The highest BCUT2D eigenvalue weighted by molar-refractivity contribution is 7.92. The van der Waals surface area contributed by atoms with Crippen LogP contribution in [-0.4, -0.2) is 31.5 Å². The van der Waals surface area contributed by atoms with Crippen LogP contribution < -0.4 is 5.32 Å². The Balaban J connectivity index is 2.82. The zero-order chi connectivity index (χ0) is 12.2. The Bertz CT molecular complexity index is 298. The van der Waals surface area contributed by atoms with Crippen LogP contribution in [0.5, 0.6) is 0 Å². The molecule has 0 amide bonds. The molecule has 0 spiro atoms. The highest BCUT2D eigenvalue weighted by atomic mass is 32.2. The van der Waals surface area contributed by atoms with Gasteiger partial charge >= 0.3 is 0 Å². The molecule has 1 aliphatic carbocycles. The van der Waals surface area contributed by atoms with Gasteiger partial charge in [-0.25, -0.2) is 8.42 Å². The minimum atomic E-state index is -2.95. The quantitative estimate of drug-likeness (QED) is 0.809. The van der Waals surface area contributed by atoms with Crippen LogP contribution in [0.2, 0.25) is 0 Å². The van der Waals surface area contributed by atoms with E-state index in [-0.39, 0.29) is 16.5 Å². The topological polar surface area (TPSA) is 46.2 Å². The van der Waals surface area contributed by atoms with Gasteiger partial charge in [0.15, 0.2) is 9.84 Å². The summed E-state index contributed by atoms with van der Waals surface area (Å²) in [6.45, 7) is 6.69. The summed E-state index contributed by atoms with van der Waals surface area (Å²) < 4.78 is 24.7. The Kier molecular flexibility index (Phi) is 5.25. The Morgan fingerprint density at radius 3 is 2.44 bits per heavy atom. The lowest BCUT2D eigenvalue weighted by Gasteiger charge is -2.33. The fraction of sp³-hybridized carbons (Fsp3) is 1.00. The third kappa shape index (κ3) is 2.98. The van der Waals surface area contributed by atoms with Gasteiger partial charge in [-0.3, -0.25) is 0 Å². The molecule has 0 saturated heterocycles. The van der Waals surface area contributed by atoms with E-state index in [0.717, 1.165) is 38.6 Å². The van der Waals surface area contributed by atoms with Crippen LogP contribution in [-0.2, 0) is 9.84 Å². The summed E-state index contributed by atoms with van der Waals surface area (Å²) in [5.41, 5.74) is 0. The van der Waals surface area contributed by atoms with Gasteiger partial charge in [0.2, 0.25) is 0 Å². The molecule has 0 aromatic carbocycles. The molecule has 4 heteroatoms. The fourth-order valence-electron chi connectivity index (χ4n) is 2.52. The average molecular weight is 247 g/mol. The maximum atomic E-state index is 12.4. The van der Waals surface area contributed by atoms with Crippen molar-refractivity contribution >= 4 is 9.84 Å². The summed E-state index contributed by atoms with van der Waals surface area (Å²) in [7, 11) is -2.95. The third-order valence-corrected chi connectivity index (χ3v) is 6.59. The lowest BCUT2D eigenvalue weighted by molar-refractivity contribution is 0.374. The summed E-state index contributed by atoms with van der Waals surface area (Å²) >= 11 is 0. The van der Waals surface area contributed by atoms with Crippen LogP contribution >= 0.6 is 0 Å². The SMILES string of the molecule is CCNC1CCCCC1S(=O)(=O)C(C)CC. The molecular weight excluding hydrogens is 222 g/mol. The number of sulfone groups is 1. The first-order valence-corrected chi connectivity index (χ1v) is 8.11. The molecular formula is C12H25NO2S. The van der Waals surface area contributed by atoms with Gasteiger partial charge in [0.05, 0.1) is 10.5 Å². The zero-order valence-corrected chi connectivity index (χ0v) is 11.5. The standard InChI is InChI=1S/C12H25NO2S/c1-4-10(3)16(14,15)12-9-7-6-8-11(12)13-5-2/h10-13H,4-9H2,1-3H3. The summed E-state index contributed by atoms with van der Waals surface area (Å²) in [5, 5.41) is 2.99. The fourth-order valence-corrected chi connectivity index (χ4v) is 4.76. The second-order valence-corrected chi connectivity index (χ2v) is 7.38. The lowest BCUT2D eigenvalue weighted by Crippen LogP contribution is -2.48. The van der Waals surface area contributed by atoms with Crippen molar-refractivity contribution in [2.45, 2.75) is 69.4 Å². The Hall–Kier alpha value is -0.0900. The highest BCUT2D eigenvalue weighted by Crippen LogP contribution is 2.27. The van der Waals surface area contributed by atoms with Crippen molar-refractivity contribution in [2.24, 2.45) is 0 Å². The molecule has 0 aromatic heterocycles. The first kappa shape index (κ1) is 14.0. The molecule has 3 atom stereocenters. The molecule has 1 fully saturated rings. The largest absolute Gasteiger partial charge is 0.313 e. The van der Waals surface area contributed by atoms with Crippen LogP contribution in [0.3, 0.4) is 0 Å². The molecule has 0 heterocycles. The van der Waals surface area contributed by atoms with E-state index >= 15 is 0 Å². The van der Waals surface area contributed by atoms with Gasteiger partial charge in [0, 0.05) is 6.04 Å². The highest BCUT2D eigenvalue weighted by Gasteiger charge is 2.37. The van der Waals surface area contributed by atoms with Gasteiger partial charge in [0.1, 0.15) is 0 Å². The molecule has 1 N–H and O–H groups in total. The number of nitrogens with one attached hydrogen (secondary N) is 1. The second kappa shape index (κ2) is 6.01. The van der Waals surface area contributed by atoms with Crippen molar-refractivity contribution in [3.8, 4) is 0 Å². The smallest absolute Gasteiger partial charge is 0.157 e. The van der Waals surface area contributed by atoms with Crippen molar-refractivity contribution in [1.82, 2.24) is 5.32 Å². The Morgan fingerprint density at radius 1 is 1.25 bits per heavy atom. The monoisotopic (exact) mass is 247 g/mol. The van der Waals surface area contributed by atoms with E-state index in [1.54, 1.807) is 0 Å². The molecule has 0 bridgehead atoms. The van der Waals surface area contributed by atoms with E-state index in [0.29, 0.717) is 0 Å². The van der Waals surface area contributed by atoms with Crippen LogP contribution in [0.4, 0.5) is 0 Å². The van der Waals surface area contributed by atoms with Crippen molar-refractivity contribution in [1.29, 1.82) is 0 Å². The van der Waals surface area contributed by atoms with E-state index < -0.39 is 9.84 Å². The van der Waals surface area contributed by atoms with Crippen LogP contribution in [0, 0.1) is 0 Å². The third-order valence-electron chi connectivity index (χ3n) is 3.73. The van der Waals surface area contributed by atoms with Gasteiger partial charge in [-0.05, 0) is 32.7 Å². The van der Waals surface area contributed by atoms with Gasteiger partial charge in [-0.1, -0.05) is 26.7 Å². The first-order chi connectivity index (χ1) is 7.54. The van der Waals surface area contributed by atoms with Gasteiger partial charge in [-0.2, -0.15) is 0 Å². The maximum absolute atomic E-state index is 12.4. The molecule has 96 valence electrons. The second-order valence-electron chi connectivity index (χ2n) is 4.79. The molecule has 16 heavy (non-hydrogen) atoms. The van der Waals surface area contributed by atoms with Crippen molar-refractivity contribution in [3.63, 3.8) is 0 Å². The van der Waals surface area contributed by atoms with Crippen molar-refractivity contribution in [3.05, 3.63) is 0 Å². The summed E-state index contributed by atoms with van der Waals surface area (Å²) in [4.78, 5) is 0. The molecule has 1 saturated carbocycles. The summed E-state index contributed by atoms with van der Waals surface area (Å²) in [5.74, 6) is 0. The number of rotatable bonds is 5. The molecule has 1 aliphatic rings. The van der Waals surface area contributed by atoms with E-state index in [1.807, 2.05) is 20.8 Å². The summed E-state index contributed by atoms with van der Waals surface area (Å²) in [6, 6.07) is 0.178. The predicted octanol–water partition coefficient (Wildman–Crippen LogP) is 2.12. The zero-order valence-electron chi connectivity index (χ0n) is 10.7.